The van der Waals surface area contributed by atoms with Gasteiger partial charge in [0.2, 0.25) is 0 Å². The third-order valence-electron chi connectivity index (χ3n) is 5.00. The van der Waals surface area contributed by atoms with Crippen LogP contribution in [0.25, 0.3) is 11.1 Å². The average Bonchev–Trinajstić information content (AvgIpc) is 3.11. The van der Waals surface area contributed by atoms with Crippen LogP contribution in [-0.4, -0.2) is 20.7 Å². The number of aryl methyl sites for hydroxylation is 2. The van der Waals surface area contributed by atoms with E-state index in [-0.39, 0.29) is 5.91 Å². The van der Waals surface area contributed by atoms with E-state index in [9.17, 15) is 4.79 Å². The molecule has 2 heterocycles. The van der Waals surface area contributed by atoms with Crippen LogP contribution in [0.5, 0.6) is 0 Å². The first-order chi connectivity index (χ1) is 14.1. The van der Waals surface area contributed by atoms with Gasteiger partial charge in [0.05, 0.1) is 17.5 Å². The Labute approximate surface area is 170 Å². The molecule has 5 nitrogen and oxygen atoms in total. The Kier molecular flexibility index (Phi) is 5.20. The molecule has 5 heteroatoms. The van der Waals surface area contributed by atoms with Gasteiger partial charge in [-0.3, -0.25) is 14.5 Å². The number of benzene rings is 2. The Hall–Kier alpha value is -3.73. The van der Waals surface area contributed by atoms with Crippen molar-refractivity contribution < 1.29 is 4.79 Å². The minimum Gasteiger partial charge on any atom is -0.322 e. The van der Waals surface area contributed by atoms with Crippen molar-refractivity contribution >= 4 is 11.6 Å². The van der Waals surface area contributed by atoms with Crippen molar-refractivity contribution in [2.45, 2.75) is 13.3 Å². The largest absolute Gasteiger partial charge is 0.322 e. The Morgan fingerprint density at radius 2 is 1.83 bits per heavy atom. The first kappa shape index (κ1) is 18.6. The van der Waals surface area contributed by atoms with Gasteiger partial charge >= 0.3 is 0 Å². The monoisotopic (exact) mass is 382 g/mol. The summed E-state index contributed by atoms with van der Waals surface area (Å²) < 4.78 is 1.76. The van der Waals surface area contributed by atoms with Crippen LogP contribution in [0.15, 0.2) is 79.3 Å². The summed E-state index contributed by atoms with van der Waals surface area (Å²) in [6.45, 7) is 1.98. The molecule has 0 saturated heterocycles. The van der Waals surface area contributed by atoms with Gasteiger partial charge in [0.1, 0.15) is 0 Å². The fourth-order valence-corrected chi connectivity index (χ4v) is 3.31. The zero-order chi connectivity index (χ0) is 20.2. The maximum atomic E-state index is 13.1. The number of anilines is 1. The molecule has 1 N–H and O–H groups in total. The van der Waals surface area contributed by atoms with Crippen molar-refractivity contribution in [3.63, 3.8) is 0 Å². The molecule has 0 fully saturated rings. The van der Waals surface area contributed by atoms with Gasteiger partial charge in [0, 0.05) is 37.1 Å². The Morgan fingerprint density at radius 1 is 1.00 bits per heavy atom. The van der Waals surface area contributed by atoms with Gasteiger partial charge in [-0.1, -0.05) is 48.5 Å². The van der Waals surface area contributed by atoms with Crippen LogP contribution in [-0.2, 0) is 13.5 Å². The Morgan fingerprint density at radius 3 is 2.59 bits per heavy atom. The lowest BCUT2D eigenvalue weighted by Crippen LogP contribution is -2.15. The van der Waals surface area contributed by atoms with Crippen LogP contribution in [0.4, 0.5) is 5.69 Å². The van der Waals surface area contributed by atoms with E-state index in [1.54, 1.807) is 17.1 Å². The summed E-state index contributed by atoms with van der Waals surface area (Å²) in [5.74, 6) is -0.157. The smallest absolute Gasteiger partial charge is 0.259 e. The van der Waals surface area contributed by atoms with Gasteiger partial charge in [-0.05, 0) is 35.7 Å². The van der Waals surface area contributed by atoms with Crippen LogP contribution >= 0.6 is 0 Å². The van der Waals surface area contributed by atoms with Crippen molar-refractivity contribution in [1.29, 1.82) is 0 Å². The first-order valence-corrected chi connectivity index (χ1v) is 9.49. The fourth-order valence-electron chi connectivity index (χ4n) is 3.31. The molecule has 0 aliphatic heterocycles. The van der Waals surface area contributed by atoms with Crippen molar-refractivity contribution in [2.24, 2.45) is 7.05 Å². The molecule has 2 aromatic heterocycles. The zero-order valence-corrected chi connectivity index (χ0v) is 16.5. The van der Waals surface area contributed by atoms with Crippen LogP contribution in [0.2, 0.25) is 0 Å². The number of carbonyl (C=O) groups excluding carboxylic acids is 1. The highest BCUT2D eigenvalue weighted by Gasteiger charge is 2.17. The molecule has 0 unspecified atom stereocenters. The number of hydrogen-bond acceptors (Lipinski definition) is 3. The van der Waals surface area contributed by atoms with Crippen molar-refractivity contribution in [3.8, 4) is 11.1 Å². The summed E-state index contributed by atoms with van der Waals surface area (Å²) in [5, 5.41) is 7.37. The lowest BCUT2D eigenvalue weighted by atomic mass is 10.0. The minimum atomic E-state index is -0.157. The van der Waals surface area contributed by atoms with E-state index >= 15 is 0 Å². The highest BCUT2D eigenvalue weighted by atomic mass is 16.1. The number of amides is 1. The normalized spacial score (nSPS) is 10.7. The van der Waals surface area contributed by atoms with Crippen molar-refractivity contribution in [1.82, 2.24) is 14.8 Å². The summed E-state index contributed by atoms with van der Waals surface area (Å²) in [6, 6.07) is 20.0. The lowest BCUT2D eigenvalue weighted by molar-refractivity contribution is 0.102. The highest BCUT2D eigenvalue weighted by Crippen LogP contribution is 2.25. The Bertz CT molecular complexity index is 1130. The second-order valence-electron chi connectivity index (χ2n) is 7.02. The van der Waals surface area contributed by atoms with E-state index in [1.165, 1.54) is 0 Å². The third-order valence-corrected chi connectivity index (χ3v) is 5.00. The van der Waals surface area contributed by atoms with E-state index in [1.807, 2.05) is 68.7 Å². The average molecular weight is 382 g/mol. The van der Waals surface area contributed by atoms with Gasteiger partial charge in [-0.15, -0.1) is 0 Å². The maximum absolute atomic E-state index is 13.1. The van der Waals surface area contributed by atoms with E-state index < -0.39 is 0 Å². The minimum absolute atomic E-state index is 0.157. The predicted molar refractivity (Wildman–Crippen MR) is 115 cm³/mol. The molecule has 0 spiro atoms. The number of rotatable bonds is 5. The van der Waals surface area contributed by atoms with Crippen LogP contribution in [0, 0.1) is 6.92 Å². The topological polar surface area (TPSA) is 59.8 Å². The molecule has 0 saturated carbocycles. The molecule has 0 atom stereocenters. The molecule has 0 aliphatic carbocycles. The van der Waals surface area contributed by atoms with E-state index in [0.29, 0.717) is 12.0 Å². The molecule has 1 amide bonds. The molecule has 2 aromatic carbocycles. The summed E-state index contributed by atoms with van der Waals surface area (Å²) in [6.07, 6.45) is 5.84. The molecule has 144 valence electrons. The standard InChI is InChI=1S/C24H22N4O/c1-17-10-11-19(20-9-6-12-25-15-20)14-22(17)27-24(29)21-16-26-28(2)23(21)13-18-7-4-3-5-8-18/h3-12,14-16H,13H2,1-2H3,(H,27,29). The second-order valence-corrected chi connectivity index (χ2v) is 7.02. The molecule has 29 heavy (non-hydrogen) atoms. The van der Waals surface area contributed by atoms with Crippen molar-refractivity contribution in [2.75, 3.05) is 5.32 Å². The van der Waals surface area contributed by atoms with Crippen LogP contribution in [0.1, 0.15) is 27.2 Å². The van der Waals surface area contributed by atoms with Crippen LogP contribution < -0.4 is 5.32 Å². The van der Waals surface area contributed by atoms with Gasteiger partial charge in [0.25, 0.3) is 5.91 Å². The molecular weight excluding hydrogens is 360 g/mol. The molecule has 0 radical (unpaired) electrons. The molecular formula is C24H22N4O. The lowest BCUT2D eigenvalue weighted by Gasteiger charge is -2.12. The van der Waals surface area contributed by atoms with Gasteiger partial charge in [-0.25, -0.2) is 0 Å². The van der Waals surface area contributed by atoms with E-state index in [4.69, 9.17) is 0 Å². The van der Waals surface area contributed by atoms with Gasteiger partial charge < -0.3 is 5.32 Å². The van der Waals surface area contributed by atoms with Gasteiger partial charge in [0.15, 0.2) is 0 Å². The highest BCUT2D eigenvalue weighted by molar-refractivity contribution is 6.05. The predicted octanol–water partition coefficient (Wildman–Crippen LogP) is 4.63. The van der Waals surface area contributed by atoms with E-state index in [0.717, 1.165) is 33.6 Å². The zero-order valence-electron chi connectivity index (χ0n) is 16.5. The molecule has 4 aromatic rings. The van der Waals surface area contributed by atoms with Crippen LogP contribution in [0.3, 0.4) is 0 Å². The molecule has 4 rings (SSSR count). The second kappa shape index (κ2) is 8.10. The van der Waals surface area contributed by atoms with Crippen molar-refractivity contribution in [3.05, 3.63) is 102 Å². The number of aromatic nitrogens is 3. The maximum Gasteiger partial charge on any atom is 0.259 e. The third kappa shape index (κ3) is 4.09. The SMILES string of the molecule is Cc1ccc(-c2cccnc2)cc1NC(=O)c1cnn(C)c1Cc1ccccc1. The molecule has 0 aliphatic rings. The number of hydrogen-bond donors (Lipinski definition) is 1. The summed E-state index contributed by atoms with van der Waals surface area (Å²) in [5.41, 5.74) is 6.41. The number of pyridine rings is 1. The summed E-state index contributed by atoms with van der Waals surface area (Å²) in [7, 11) is 1.86. The number of nitrogens with one attached hydrogen (secondary N) is 1. The quantitative estimate of drug-likeness (QED) is 0.547. The summed E-state index contributed by atoms with van der Waals surface area (Å²) >= 11 is 0. The van der Waals surface area contributed by atoms with E-state index in [2.05, 4.69) is 27.5 Å². The fraction of sp³-hybridized carbons (Fsp3) is 0.125. The molecule has 0 bridgehead atoms. The van der Waals surface area contributed by atoms with Gasteiger partial charge in [-0.2, -0.15) is 5.10 Å². The number of carbonyl (C=O) groups is 1. The first-order valence-electron chi connectivity index (χ1n) is 9.49. The Balaban J connectivity index is 1.61. The summed E-state index contributed by atoms with van der Waals surface area (Å²) in [4.78, 5) is 17.2. The number of nitrogens with zero attached hydrogens (tertiary/aromatic N) is 3.